The zero-order valence-corrected chi connectivity index (χ0v) is 36.7. The number of rotatable bonds is 15. The number of hydrogen-bond acceptors (Lipinski definition) is 13. The Bertz CT molecular complexity index is 2390. The molecule has 0 radical (unpaired) electrons. The van der Waals surface area contributed by atoms with Gasteiger partial charge < -0.3 is 35.6 Å². The van der Waals surface area contributed by atoms with Gasteiger partial charge in [-0.2, -0.15) is 0 Å². The molecule has 4 fully saturated rings. The minimum atomic E-state index is -2.10. The number of fused-ring (bicyclic) bond motifs is 7. The van der Waals surface area contributed by atoms with Crippen LogP contribution in [-0.2, 0) is 49.6 Å². The molecule has 8 rings (SSSR count). The van der Waals surface area contributed by atoms with E-state index in [2.05, 4.69) is 20.9 Å². The summed E-state index contributed by atoms with van der Waals surface area (Å²) in [5, 5.41) is 30.7. The van der Waals surface area contributed by atoms with E-state index in [9.17, 15) is 43.8 Å². The number of aliphatic hydroxyl groups excluding tert-OH is 2. The monoisotopic (exact) mass is 895 g/mol. The van der Waals surface area contributed by atoms with Crippen molar-refractivity contribution in [2.24, 2.45) is 28.6 Å². The number of nitrogens with zero attached hydrogens (tertiary/aromatic N) is 2. The van der Waals surface area contributed by atoms with Crippen molar-refractivity contribution in [3.8, 4) is 0 Å². The number of ketones is 3. The van der Waals surface area contributed by atoms with Crippen LogP contribution in [0.4, 0.5) is 15.9 Å². The molecule has 0 unspecified atom stereocenters. The summed E-state index contributed by atoms with van der Waals surface area (Å²) in [6, 6.07) is 9.71. The number of ether oxygens (including phenoxy) is 2. The van der Waals surface area contributed by atoms with Crippen LogP contribution in [-0.4, -0.2) is 104 Å². The Morgan fingerprint density at radius 1 is 1.00 bits per heavy atom. The number of imide groups is 1. The van der Waals surface area contributed by atoms with Gasteiger partial charge in [0, 0.05) is 78.2 Å². The summed E-state index contributed by atoms with van der Waals surface area (Å²) in [6.45, 7) is 6.15. The number of aromatic nitrogens is 1. The molecular formula is C48H54FN5O11. The van der Waals surface area contributed by atoms with Crippen LogP contribution in [0.3, 0.4) is 0 Å². The molecule has 0 spiro atoms. The van der Waals surface area contributed by atoms with Crippen molar-refractivity contribution >= 4 is 52.5 Å². The van der Waals surface area contributed by atoms with E-state index in [1.54, 1.807) is 50.4 Å². The standard InChI is InChI=1S/C48H54FN5O11/c1-26(19-35(57)27(2)52-40(60)16-18-54-41(61)13-14-42(54)62)43(63)53-31-9-5-28(6-10-31)23-50-39-12-7-29(24-51-39)44-64-38-21-34-33-11-8-30-20-32(56)15-17-45(30,3)47(33,49)36(58)22-46(34,4)48(38,65-44)37(59)25-55/h5-7,9-10,12-15,17,20,24,26-27,33-34,36,38,44,55,58H,8,11,16,18-19,21-23,25H2,1-4H3,(H,50,51)(H,52,60)(H,53,63)/t26-,27+,33+,34+,36+,38-,44-,45+,46+,47+,48-/m1/s1. The first-order valence-corrected chi connectivity index (χ1v) is 22.1. The molecule has 11 atom stereocenters. The van der Waals surface area contributed by atoms with E-state index < -0.39 is 94.5 Å². The van der Waals surface area contributed by atoms with Crippen LogP contribution in [0.25, 0.3) is 0 Å². The highest BCUT2D eigenvalue weighted by Crippen LogP contribution is 2.72. The van der Waals surface area contributed by atoms with Crippen molar-refractivity contribution in [3.63, 3.8) is 0 Å². The van der Waals surface area contributed by atoms with E-state index in [1.807, 2.05) is 19.1 Å². The normalized spacial score (nSPS) is 33.0. The molecule has 3 heterocycles. The molecule has 16 nitrogen and oxygen atoms in total. The fourth-order valence-corrected chi connectivity index (χ4v) is 11.4. The summed E-state index contributed by atoms with van der Waals surface area (Å²) in [5.41, 5.74) is -3.44. The van der Waals surface area contributed by atoms with Crippen molar-refractivity contribution in [2.45, 2.75) is 109 Å². The number of amides is 4. The lowest BCUT2D eigenvalue weighted by Crippen LogP contribution is -2.69. The van der Waals surface area contributed by atoms with Crippen LogP contribution >= 0.6 is 0 Å². The number of carbonyl (C=O) groups is 7. The molecular weight excluding hydrogens is 842 g/mol. The first kappa shape index (κ1) is 45.8. The maximum Gasteiger partial charge on any atom is 0.253 e. The van der Waals surface area contributed by atoms with Gasteiger partial charge in [0.25, 0.3) is 11.8 Å². The highest BCUT2D eigenvalue weighted by atomic mass is 19.1. The van der Waals surface area contributed by atoms with Crippen molar-refractivity contribution in [3.05, 3.63) is 89.7 Å². The number of aliphatic hydroxyl groups is 2. The van der Waals surface area contributed by atoms with Gasteiger partial charge in [-0.1, -0.05) is 37.6 Å². The smallest absolute Gasteiger partial charge is 0.253 e. The van der Waals surface area contributed by atoms with Gasteiger partial charge >= 0.3 is 0 Å². The van der Waals surface area contributed by atoms with Crippen molar-refractivity contribution in [1.29, 1.82) is 0 Å². The van der Waals surface area contributed by atoms with Crippen LogP contribution in [0.2, 0.25) is 0 Å². The van der Waals surface area contributed by atoms with Gasteiger partial charge in [-0.05, 0) is 87.4 Å². The highest BCUT2D eigenvalue weighted by Gasteiger charge is 2.79. The molecule has 6 aliphatic rings. The molecule has 1 aromatic heterocycles. The quantitative estimate of drug-likeness (QED) is 0.161. The fraction of sp³-hybridized carbons (Fsp3) is 0.500. The number of anilines is 2. The molecule has 4 amide bonds. The van der Waals surface area contributed by atoms with Crippen LogP contribution < -0.4 is 16.0 Å². The fourth-order valence-electron chi connectivity index (χ4n) is 11.4. The Morgan fingerprint density at radius 2 is 1.72 bits per heavy atom. The van der Waals surface area contributed by atoms with Gasteiger partial charge in [-0.3, -0.25) is 38.5 Å². The largest absolute Gasteiger partial charge is 0.390 e. The van der Waals surface area contributed by atoms with E-state index in [0.717, 1.165) is 22.6 Å². The lowest BCUT2D eigenvalue weighted by Gasteiger charge is -2.62. The maximum absolute atomic E-state index is 17.7. The zero-order valence-electron chi connectivity index (χ0n) is 36.7. The Labute approximate surface area is 375 Å². The second kappa shape index (κ2) is 17.2. The summed E-state index contributed by atoms with van der Waals surface area (Å²) >= 11 is 0. The van der Waals surface area contributed by atoms with Gasteiger partial charge in [-0.25, -0.2) is 9.37 Å². The van der Waals surface area contributed by atoms with Crippen LogP contribution in [0.15, 0.2) is 78.5 Å². The Kier molecular flexibility index (Phi) is 12.1. The molecule has 1 aromatic carbocycles. The second-order valence-electron chi connectivity index (χ2n) is 18.7. The minimum absolute atomic E-state index is 0.105. The summed E-state index contributed by atoms with van der Waals surface area (Å²) in [6.07, 6.45) is 5.67. The van der Waals surface area contributed by atoms with Crippen molar-refractivity contribution in [1.82, 2.24) is 15.2 Å². The zero-order chi connectivity index (χ0) is 46.6. The molecule has 2 aliphatic heterocycles. The summed E-state index contributed by atoms with van der Waals surface area (Å²) in [7, 11) is 0. The van der Waals surface area contributed by atoms with Gasteiger partial charge in [0.2, 0.25) is 11.8 Å². The summed E-state index contributed by atoms with van der Waals surface area (Å²) in [5.74, 6) is -4.27. The highest BCUT2D eigenvalue weighted by molar-refractivity contribution is 6.13. The van der Waals surface area contributed by atoms with Gasteiger partial charge in [0.15, 0.2) is 34.9 Å². The molecule has 65 heavy (non-hydrogen) atoms. The third kappa shape index (κ3) is 7.75. The van der Waals surface area contributed by atoms with Crippen LogP contribution in [0.5, 0.6) is 0 Å². The molecule has 4 aliphatic carbocycles. The molecule has 2 aromatic rings. The molecule has 0 bridgehead atoms. The third-order valence-electron chi connectivity index (χ3n) is 15.0. The Hall–Kier alpha value is -5.75. The van der Waals surface area contributed by atoms with E-state index in [0.29, 0.717) is 42.0 Å². The maximum atomic E-state index is 17.7. The first-order valence-electron chi connectivity index (χ1n) is 22.1. The number of allylic oxidation sites excluding steroid dienone is 4. The number of Topliss-reactive ketones (excluding diaryl/α,β-unsaturated/α-hetero) is 2. The average molecular weight is 896 g/mol. The number of pyridine rings is 1. The molecule has 344 valence electrons. The molecule has 1 saturated heterocycles. The third-order valence-corrected chi connectivity index (χ3v) is 15.0. The number of nitrogens with one attached hydrogen (secondary N) is 3. The summed E-state index contributed by atoms with van der Waals surface area (Å²) < 4.78 is 30.8. The van der Waals surface area contributed by atoms with Crippen LogP contribution in [0, 0.1) is 28.6 Å². The van der Waals surface area contributed by atoms with Crippen molar-refractivity contribution < 1.29 is 57.6 Å². The van der Waals surface area contributed by atoms with E-state index in [1.165, 1.54) is 19.1 Å². The second-order valence-corrected chi connectivity index (χ2v) is 18.7. The predicted molar refractivity (Wildman–Crippen MR) is 231 cm³/mol. The number of hydrogen-bond donors (Lipinski definition) is 5. The average Bonchev–Trinajstić information content (AvgIpc) is 3.91. The van der Waals surface area contributed by atoms with E-state index in [-0.39, 0.29) is 49.7 Å². The number of halogens is 1. The lowest BCUT2D eigenvalue weighted by atomic mass is 9.44. The number of alkyl halides is 1. The number of benzene rings is 1. The van der Waals surface area contributed by atoms with E-state index >= 15 is 4.39 Å². The van der Waals surface area contributed by atoms with Crippen molar-refractivity contribution in [2.75, 3.05) is 23.8 Å². The van der Waals surface area contributed by atoms with Gasteiger partial charge in [0.1, 0.15) is 12.4 Å². The molecule has 17 heteroatoms. The van der Waals surface area contributed by atoms with Gasteiger partial charge in [-0.15, -0.1) is 0 Å². The SMILES string of the molecule is C[C@H](CC(=O)[C@H](C)NC(=O)CCN1C(=O)C=CC1=O)C(=O)Nc1ccc(CNc2ccc([C@@H]3O[C@@H]4C[C@H]5[C@@H]6CCC7=CC(=O)C=C[C@]7(C)[C@@]6(F)[C@@H](O)C[C@]5(C)[C@]4(C(=O)CO)O3)cn2)cc1. The Morgan fingerprint density at radius 3 is 2.40 bits per heavy atom. The topological polar surface area (TPSA) is 231 Å². The lowest BCUT2D eigenvalue weighted by molar-refractivity contribution is -0.231. The summed E-state index contributed by atoms with van der Waals surface area (Å²) in [4.78, 5) is 93.0. The van der Waals surface area contributed by atoms with Gasteiger partial charge in [0.05, 0.1) is 18.2 Å². The minimum Gasteiger partial charge on any atom is -0.390 e. The predicted octanol–water partition coefficient (Wildman–Crippen LogP) is 3.74. The molecule has 3 saturated carbocycles. The first-order chi connectivity index (χ1) is 30.8. The van der Waals surface area contributed by atoms with E-state index in [4.69, 9.17) is 9.47 Å². The Balaban J connectivity index is 0.835. The van der Waals surface area contributed by atoms with Crippen LogP contribution in [0.1, 0.15) is 83.6 Å². The number of carbonyl (C=O) groups excluding carboxylic acids is 7. The molecule has 5 N–H and O–H groups in total.